The van der Waals surface area contributed by atoms with Crippen LogP contribution in [0, 0.1) is 5.92 Å². The Balaban J connectivity index is 1.41. The summed E-state index contributed by atoms with van der Waals surface area (Å²) in [6.45, 7) is 1.79. The van der Waals surface area contributed by atoms with Crippen LogP contribution >= 0.6 is 0 Å². The maximum absolute atomic E-state index is 12.7. The first-order valence-electron chi connectivity index (χ1n) is 9.28. The zero-order chi connectivity index (χ0) is 17.4. The molecule has 4 heteroatoms. The predicted molar refractivity (Wildman–Crippen MR) is 97.7 cm³/mol. The lowest BCUT2D eigenvalue weighted by Gasteiger charge is -2.41. The summed E-state index contributed by atoms with van der Waals surface area (Å²) in [5, 5.41) is 10.6. The molecular weight excluding hydrogens is 312 g/mol. The highest BCUT2D eigenvalue weighted by molar-refractivity contribution is 5.96. The number of carbonyl (C=O) groups is 1. The molecule has 0 radical (unpaired) electrons. The van der Waals surface area contributed by atoms with E-state index in [1.54, 1.807) is 0 Å². The highest BCUT2D eigenvalue weighted by atomic mass is 16.3. The number of benzene rings is 1. The summed E-state index contributed by atoms with van der Waals surface area (Å²) in [5.41, 5.74) is 3.45. The van der Waals surface area contributed by atoms with Gasteiger partial charge in [0.25, 0.3) is 0 Å². The quantitative estimate of drug-likeness (QED) is 0.875. The van der Waals surface area contributed by atoms with Crippen molar-refractivity contribution in [2.24, 2.45) is 13.0 Å². The first kappa shape index (κ1) is 16.6. The monoisotopic (exact) mass is 338 g/mol. The van der Waals surface area contributed by atoms with Crippen LogP contribution in [0.5, 0.6) is 0 Å². The number of aryl methyl sites for hydroxylation is 1. The molecule has 132 valence electrons. The minimum Gasteiger partial charge on any atom is -0.391 e. The average Bonchev–Trinajstić information content (AvgIpc) is 3.06. The number of piperidine rings is 1. The largest absolute Gasteiger partial charge is 0.391 e. The number of aliphatic hydroxyl groups excluding tert-OH is 1. The maximum Gasteiger partial charge on any atom is 0.182 e. The SMILES string of the molecule is Cn1cccc1C(=O)C1CCN([C@@H]2Cc3ccccc3C[C@H]2O)CC1. The number of ketones is 1. The van der Waals surface area contributed by atoms with E-state index in [1.807, 2.05) is 36.0 Å². The van der Waals surface area contributed by atoms with Gasteiger partial charge in [-0.2, -0.15) is 0 Å². The number of likely N-dealkylation sites (tertiary alicyclic amines) is 1. The van der Waals surface area contributed by atoms with Gasteiger partial charge in [0.15, 0.2) is 5.78 Å². The van der Waals surface area contributed by atoms with Gasteiger partial charge in [-0.3, -0.25) is 9.69 Å². The zero-order valence-electron chi connectivity index (χ0n) is 14.8. The minimum atomic E-state index is -0.310. The number of nitrogens with zero attached hydrogens (tertiary/aromatic N) is 2. The summed E-state index contributed by atoms with van der Waals surface area (Å²) in [6.07, 6.45) is 5.04. The van der Waals surface area contributed by atoms with Crippen LogP contribution in [0.4, 0.5) is 0 Å². The molecular formula is C21H26N2O2. The highest BCUT2D eigenvalue weighted by Crippen LogP contribution is 2.29. The lowest BCUT2D eigenvalue weighted by atomic mass is 9.83. The molecule has 0 saturated carbocycles. The number of hydrogen-bond donors (Lipinski definition) is 1. The summed E-state index contributed by atoms with van der Waals surface area (Å²) >= 11 is 0. The fourth-order valence-electron chi connectivity index (χ4n) is 4.47. The molecule has 1 aromatic heterocycles. The smallest absolute Gasteiger partial charge is 0.182 e. The van der Waals surface area contributed by atoms with Crippen LogP contribution in [-0.2, 0) is 19.9 Å². The summed E-state index contributed by atoms with van der Waals surface area (Å²) in [6, 6.07) is 12.5. The van der Waals surface area contributed by atoms with Crippen molar-refractivity contribution < 1.29 is 9.90 Å². The van der Waals surface area contributed by atoms with Crippen molar-refractivity contribution in [3.05, 3.63) is 59.4 Å². The van der Waals surface area contributed by atoms with E-state index >= 15 is 0 Å². The standard InChI is InChI=1S/C21H26N2O2/c1-22-10-4-7-18(22)21(25)15-8-11-23(12-9-15)19-13-16-5-2-3-6-17(16)14-20(19)24/h2-7,10,15,19-20,24H,8-9,11-14H2,1H3/t19-,20-/m1/s1. The Labute approximate surface area is 149 Å². The van der Waals surface area contributed by atoms with E-state index in [-0.39, 0.29) is 23.8 Å². The van der Waals surface area contributed by atoms with Gasteiger partial charge in [-0.05, 0) is 55.6 Å². The summed E-state index contributed by atoms with van der Waals surface area (Å²) in [5.74, 6) is 0.375. The fraction of sp³-hybridized carbons (Fsp3) is 0.476. The van der Waals surface area contributed by atoms with Crippen molar-refractivity contribution >= 4 is 5.78 Å². The average molecular weight is 338 g/mol. The third-order valence-corrected chi connectivity index (χ3v) is 5.99. The van der Waals surface area contributed by atoms with E-state index in [0.717, 1.165) is 44.5 Å². The molecule has 2 aliphatic rings. The first-order chi connectivity index (χ1) is 12.1. The molecule has 1 aliphatic heterocycles. The molecule has 0 bridgehead atoms. The van der Waals surface area contributed by atoms with Crippen molar-refractivity contribution in [1.82, 2.24) is 9.47 Å². The van der Waals surface area contributed by atoms with Crippen molar-refractivity contribution in [2.45, 2.75) is 37.8 Å². The van der Waals surface area contributed by atoms with Crippen LogP contribution in [0.15, 0.2) is 42.6 Å². The van der Waals surface area contributed by atoms with Gasteiger partial charge >= 0.3 is 0 Å². The number of hydrogen-bond acceptors (Lipinski definition) is 3. The van der Waals surface area contributed by atoms with E-state index in [9.17, 15) is 9.90 Å². The molecule has 25 heavy (non-hydrogen) atoms. The van der Waals surface area contributed by atoms with Gasteiger partial charge in [0.2, 0.25) is 0 Å². The molecule has 2 aromatic rings. The van der Waals surface area contributed by atoms with Gasteiger partial charge in [0, 0.05) is 31.6 Å². The molecule has 4 nitrogen and oxygen atoms in total. The first-order valence-corrected chi connectivity index (χ1v) is 9.28. The molecule has 0 unspecified atom stereocenters. The number of Topliss-reactive ketones (excluding diaryl/α,β-unsaturated/α-hetero) is 1. The molecule has 0 spiro atoms. The van der Waals surface area contributed by atoms with Crippen LogP contribution in [0.3, 0.4) is 0 Å². The lowest BCUT2D eigenvalue weighted by molar-refractivity contribution is 0.0238. The second-order valence-corrected chi connectivity index (χ2v) is 7.49. The lowest BCUT2D eigenvalue weighted by Crippen LogP contribution is -2.51. The van der Waals surface area contributed by atoms with Gasteiger partial charge in [-0.15, -0.1) is 0 Å². The van der Waals surface area contributed by atoms with E-state index in [2.05, 4.69) is 23.1 Å². The number of aliphatic hydroxyl groups is 1. The minimum absolute atomic E-state index is 0.109. The van der Waals surface area contributed by atoms with Crippen LogP contribution in [0.2, 0.25) is 0 Å². The molecule has 0 amide bonds. The third-order valence-electron chi connectivity index (χ3n) is 5.99. The second-order valence-electron chi connectivity index (χ2n) is 7.49. The van der Waals surface area contributed by atoms with Gasteiger partial charge in [-0.25, -0.2) is 0 Å². The molecule has 1 saturated heterocycles. The summed E-state index contributed by atoms with van der Waals surface area (Å²) in [7, 11) is 1.93. The fourth-order valence-corrected chi connectivity index (χ4v) is 4.47. The van der Waals surface area contributed by atoms with Crippen molar-refractivity contribution in [3.63, 3.8) is 0 Å². The van der Waals surface area contributed by atoms with Crippen LogP contribution < -0.4 is 0 Å². The van der Waals surface area contributed by atoms with Crippen LogP contribution in [0.1, 0.15) is 34.5 Å². The van der Waals surface area contributed by atoms with E-state index in [0.29, 0.717) is 0 Å². The van der Waals surface area contributed by atoms with Crippen molar-refractivity contribution in [1.29, 1.82) is 0 Å². The molecule has 2 heterocycles. The number of rotatable bonds is 3. The van der Waals surface area contributed by atoms with Gasteiger partial charge in [0.1, 0.15) is 0 Å². The maximum atomic E-state index is 12.7. The highest BCUT2D eigenvalue weighted by Gasteiger charge is 2.35. The number of carbonyl (C=O) groups excluding carboxylic acids is 1. The predicted octanol–water partition coefficient (Wildman–Crippen LogP) is 2.45. The van der Waals surface area contributed by atoms with Crippen LogP contribution in [-0.4, -0.2) is 45.6 Å². The zero-order valence-corrected chi connectivity index (χ0v) is 14.8. The molecule has 1 fully saturated rings. The van der Waals surface area contributed by atoms with Crippen molar-refractivity contribution in [3.8, 4) is 0 Å². The molecule has 1 aliphatic carbocycles. The summed E-state index contributed by atoms with van der Waals surface area (Å²) in [4.78, 5) is 15.1. The number of fused-ring (bicyclic) bond motifs is 1. The normalized spacial score (nSPS) is 24.9. The second kappa shape index (κ2) is 6.77. The molecule has 4 rings (SSSR count). The molecule has 1 aromatic carbocycles. The van der Waals surface area contributed by atoms with Crippen molar-refractivity contribution in [2.75, 3.05) is 13.1 Å². The Morgan fingerprint density at radius 3 is 2.36 bits per heavy atom. The topological polar surface area (TPSA) is 45.5 Å². The van der Waals surface area contributed by atoms with Gasteiger partial charge in [-0.1, -0.05) is 24.3 Å². The van der Waals surface area contributed by atoms with Crippen LogP contribution in [0.25, 0.3) is 0 Å². The Bertz CT molecular complexity index is 759. The molecule has 2 atom stereocenters. The molecule has 1 N–H and O–H groups in total. The van der Waals surface area contributed by atoms with Gasteiger partial charge in [0.05, 0.1) is 11.8 Å². The van der Waals surface area contributed by atoms with E-state index in [4.69, 9.17) is 0 Å². The Kier molecular flexibility index (Phi) is 4.48. The number of aromatic nitrogens is 1. The Hall–Kier alpha value is -1.91. The summed E-state index contributed by atoms with van der Waals surface area (Å²) < 4.78 is 1.91. The van der Waals surface area contributed by atoms with E-state index in [1.165, 1.54) is 11.1 Å². The van der Waals surface area contributed by atoms with Gasteiger partial charge < -0.3 is 9.67 Å². The van der Waals surface area contributed by atoms with E-state index < -0.39 is 0 Å². The Morgan fingerprint density at radius 2 is 1.72 bits per heavy atom. The Morgan fingerprint density at radius 1 is 1.04 bits per heavy atom. The third kappa shape index (κ3) is 3.16.